The highest BCUT2D eigenvalue weighted by atomic mass is 35.5. The number of methoxy groups -OCH3 is 1. The fourth-order valence-electron chi connectivity index (χ4n) is 8.84. The van der Waals surface area contributed by atoms with Crippen LogP contribution in [0.15, 0.2) is 48.7 Å². The molecule has 2 aliphatic carbocycles. The summed E-state index contributed by atoms with van der Waals surface area (Å²) < 4.78 is 31.4. The Morgan fingerprint density at radius 1 is 1.15 bits per heavy atom. The topological polar surface area (TPSA) is 105 Å². The standard InChI is InChI=1S/C40H37Cl2FN6O3/c1-20-27-17-32(31-15-25(19-48(31)40(50)21-8-9-21)52-24-10-12-45-33(16-24)51-2)49(38-23-14-30(38)46-18-23)39(27)28-13-22(5-4-11-44)34(36(43)37(28)47-20)26-6-3-7-29(41)35(26)42/h3,6-7,10,12-13,16-17,21,23,25,30-31,38,46H,4-5,8-9,14-15,18-19H2,1-2H3/t23-,25+,30-,31-,38+/m1/s1. The molecule has 1 N–H and O–H groups in total. The second-order valence-electron chi connectivity index (χ2n) is 14.6. The number of nitrogens with zero attached hydrogens (tertiary/aromatic N) is 5. The molecule has 0 radical (unpaired) electrons. The van der Waals surface area contributed by atoms with E-state index in [1.807, 2.05) is 24.0 Å². The van der Waals surface area contributed by atoms with Crippen LogP contribution >= 0.6 is 23.2 Å². The van der Waals surface area contributed by atoms with Gasteiger partial charge in [0.2, 0.25) is 11.8 Å². The maximum Gasteiger partial charge on any atom is 0.226 e. The van der Waals surface area contributed by atoms with Crippen LogP contribution in [-0.2, 0) is 11.2 Å². The number of likely N-dealkylation sites (tertiary alicyclic amines) is 1. The monoisotopic (exact) mass is 738 g/mol. The summed E-state index contributed by atoms with van der Waals surface area (Å²) in [7, 11) is 1.57. The number of benzene rings is 2. The summed E-state index contributed by atoms with van der Waals surface area (Å²) in [6.07, 6.45) is 5.38. The van der Waals surface area contributed by atoms with Crippen LogP contribution in [0.5, 0.6) is 11.6 Å². The van der Waals surface area contributed by atoms with Gasteiger partial charge in [-0.2, -0.15) is 5.26 Å². The van der Waals surface area contributed by atoms with Crippen LogP contribution in [-0.4, -0.2) is 57.7 Å². The summed E-state index contributed by atoms with van der Waals surface area (Å²) in [5.41, 5.74) is 4.31. The van der Waals surface area contributed by atoms with E-state index in [0.29, 0.717) is 69.7 Å². The summed E-state index contributed by atoms with van der Waals surface area (Å²) in [6.45, 7) is 3.28. The molecule has 12 heteroatoms. The van der Waals surface area contributed by atoms with Gasteiger partial charge >= 0.3 is 0 Å². The number of aryl methyl sites for hydroxylation is 2. The van der Waals surface area contributed by atoms with E-state index < -0.39 is 5.82 Å². The van der Waals surface area contributed by atoms with Gasteiger partial charge in [0.25, 0.3) is 0 Å². The van der Waals surface area contributed by atoms with Crippen LogP contribution in [0.2, 0.25) is 10.0 Å². The predicted molar refractivity (Wildman–Crippen MR) is 197 cm³/mol. The minimum absolute atomic E-state index is 0.0272. The Labute approximate surface area is 310 Å². The Morgan fingerprint density at radius 3 is 2.73 bits per heavy atom. The number of aromatic nitrogens is 3. The third-order valence-corrected chi connectivity index (χ3v) is 12.3. The number of nitrogens with one attached hydrogen (secondary N) is 1. The average molecular weight is 740 g/mol. The van der Waals surface area contributed by atoms with Gasteiger partial charge in [0.1, 0.15) is 17.4 Å². The van der Waals surface area contributed by atoms with Crippen LogP contribution in [0.4, 0.5) is 4.39 Å². The number of carbonyl (C=O) groups excluding carboxylic acids is 1. The maximum atomic E-state index is 17.2. The Balaban J connectivity index is 1.25. The molecule has 5 fully saturated rings. The predicted octanol–water partition coefficient (Wildman–Crippen LogP) is 8.13. The van der Waals surface area contributed by atoms with Gasteiger partial charge in [0, 0.05) is 76.9 Å². The molecule has 2 aromatic carbocycles. The van der Waals surface area contributed by atoms with Crippen LogP contribution in [0, 0.1) is 35.9 Å². The fourth-order valence-corrected chi connectivity index (χ4v) is 9.23. The molecular weight excluding hydrogens is 702 g/mol. The van der Waals surface area contributed by atoms with E-state index in [-0.39, 0.29) is 53.0 Å². The van der Waals surface area contributed by atoms with Crippen molar-refractivity contribution in [1.82, 2.24) is 24.8 Å². The molecule has 1 amide bonds. The van der Waals surface area contributed by atoms with Gasteiger partial charge in [-0.25, -0.2) is 14.4 Å². The first-order valence-corrected chi connectivity index (χ1v) is 18.7. The van der Waals surface area contributed by atoms with Crippen molar-refractivity contribution >= 4 is 50.9 Å². The molecule has 2 bridgehead atoms. The molecule has 3 aliphatic heterocycles. The maximum absolute atomic E-state index is 17.2. The van der Waals surface area contributed by atoms with Crippen molar-refractivity contribution in [1.29, 1.82) is 5.26 Å². The zero-order valence-electron chi connectivity index (χ0n) is 28.8. The molecule has 2 saturated carbocycles. The van der Waals surface area contributed by atoms with E-state index >= 15 is 4.39 Å². The molecule has 5 atom stereocenters. The van der Waals surface area contributed by atoms with Crippen molar-refractivity contribution in [3.05, 3.63) is 81.5 Å². The summed E-state index contributed by atoms with van der Waals surface area (Å²) in [6, 6.07) is 15.3. The third-order valence-electron chi connectivity index (χ3n) is 11.5. The number of rotatable bonds is 9. The number of carbonyl (C=O) groups is 1. The van der Waals surface area contributed by atoms with Gasteiger partial charge in [-0.15, -0.1) is 0 Å². The lowest BCUT2D eigenvalue weighted by Crippen LogP contribution is -2.41. The second kappa shape index (κ2) is 12.9. The molecule has 52 heavy (non-hydrogen) atoms. The minimum Gasteiger partial charge on any atom is -0.488 e. The van der Waals surface area contributed by atoms with E-state index in [1.54, 1.807) is 37.6 Å². The average Bonchev–Trinajstić information content (AvgIpc) is 3.43. The molecule has 9 nitrogen and oxygen atoms in total. The number of hydrogen-bond donors (Lipinski definition) is 1. The lowest BCUT2D eigenvalue weighted by molar-refractivity contribution is -0.133. The zero-order chi connectivity index (χ0) is 35.8. The molecule has 5 aliphatic rings. The highest BCUT2D eigenvalue weighted by molar-refractivity contribution is 6.43. The van der Waals surface area contributed by atoms with Crippen molar-refractivity contribution in [2.45, 2.75) is 69.7 Å². The Hall–Kier alpha value is -4.43. The first-order valence-electron chi connectivity index (χ1n) is 17.9. The van der Waals surface area contributed by atoms with Gasteiger partial charge in [-0.05, 0) is 68.4 Å². The lowest BCUT2D eigenvalue weighted by atomic mass is 9.79. The zero-order valence-corrected chi connectivity index (χ0v) is 30.3. The lowest BCUT2D eigenvalue weighted by Gasteiger charge is -2.39. The van der Waals surface area contributed by atoms with Gasteiger partial charge in [0.05, 0.1) is 47.4 Å². The number of hydrogen-bond acceptors (Lipinski definition) is 7. The molecular formula is C40H37Cl2FN6O3. The third kappa shape index (κ3) is 5.39. The smallest absolute Gasteiger partial charge is 0.226 e. The molecule has 5 aromatic rings. The van der Waals surface area contributed by atoms with Gasteiger partial charge in [-0.1, -0.05) is 35.3 Å². The Kier molecular flexibility index (Phi) is 8.29. The van der Waals surface area contributed by atoms with Gasteiger partial charge in [-0.3, -0.25) is 4.79 Å². The first-order chi connectivity index (χ1) is 25.2. The molecule has 3 saturated heterocycles. The van der Waals surface area contributed by atoms with Crippen molar-refractivity contribution in [3.8, 4) is 28.8 Å². The largest absolute Gasteiger partial charge is 0.488 e. The molecule has 0 spiro atoms. The quantitative estimate of drug-likeness (QED) is 0.163. The fraction of sp³-hybridized carbons (Fsp3) is 0.400. The van der Waals surface area contributed by atoms with Crippen LogP contribution in [0.1, 0.15) is 61.1 Å². The van der Waals surface area contributed by atoms with Crippen LogP contribution in [0.3, 0.4) is 0 Å². The van der Waals surface area contributed by atoms with E-state index in [0.717, 1.165) is 42.4 Å². The van der Waals surface area contributed by atoms with Crippen molar-refractivity contribution in [2.24, 2.45) is 11.8 Å². The molecule has 6 heterocycles. The molecule has 0 unspecified atom stereocenters. The van der Waals surface area contributed by atoms with Crippen molar-refractivity contribution < 1.29 is 18.7 Å². The molecule has 10 rings (SSSR count). The Morgan fingerprint density at radius 2 is 2.00 bits per heavy atom. The summed E-state index contributed by atoms with van der Waals surface area (Å²) in [4.78, 5) is 25.2. The number of ether oxygens (including phenoxy) is 2. The van der Waals surface area contributed by atoms with Gasteiger partial charge in [0.15, 0.2) is 5.82 Å². The van der Waals surface area contributed by atoms with Gasteiger partial charge < -0.3 is 24.3 Å². The van der Waals surface area contributed by atoms with Crippen LogP contribution < -0.4 is 14.8 Å². The highest BCUT2D eigenvalue weighted by Crippen LogP contribution is 2.51. The molecule has 266 valence electrons. The number of nitriles is 1. The number of fused-ring (bicyclic) bond motifs is 4. The van der Waals surface area contributed by atoms with E-state index in [4.69, 9.17) is 37.7 Å². The van der Waals surface area contributed by atoms with E-state index in [9.17, 15) is 10.1 Å². The van der Waals surface area contributed by atoms with Crippen LogP contribution in [0.25, 0.3) is 32.9 Å². The summed E-state index contributed by atoms with van der Waals surface area (Å²) in [5.74, 6) is 1.20. The second-order valence-corrected chi connectivity index (χ2v) is 15.4. The van der Waals surface area contributed by atoms with E-state index in [1.165, 1.54) is 0 Å². The number of halogens is 3. The van der Waals surface area contributed by atoms with Crippen molar-refractivity contribution in [2.75, 3.05) is 20.2 Å². The first kappa shape index (κ1) is 33.4. The highest BCUT2D eigenvalue weighted by Gasteiger charge is 2.51. The number of amides is 1. The SMILES string of the molecule is COc1cc(O[C@H]2C[C@H](c3cc4c(C)nc5c(F)c(-c6cccc(Cl)c6Cl)c(CCC#N)cc5c4n3[C@H]3[C@H]4CN[C@@H]3C4)N(C(=O)C3CC3)C2)ccn1. The Bertz CT molecular complexity index is 2310. The summed E-state index contributed by atoms with van der Waals surface area (Å²) >= 11 is 13.1. The van der Waals surface area contributed by atoms with Crippen molar-refractivity contribution in [3.63, 3.8) is 0 Å². The summed E-state index contributed by atoms with van der Waals surface area (Å²) in [5, 5.41) is 15.5. The molecule has 3 aromatic heterocycles. The normalized spacial score (nSPS) is 23.6. The number of pyridine rings is 2. The minimum atomic E-state index is -0.490. The van der Waals surface area contributed by atoms with E-state index in [2.05, 4.69) is 27.0 Å².